The van der Waals surface area contributed by atoms with Crippen LogP contribution in [0.4, 0.5) is 11.6 Å². The Balaban J connectivity index is 1.34. The van der Waals surface area contributed by atoms with Gasteiger partial charge in [-0.05, 0) is 69.6 Å². The van der Waals surface area contributed by atoms with Gasteiger partial charge in [-0.1, -0.05) is 18.6 Å². The number of amidine groups is 1. The average Bonchev–Trinajstić information content (AvgIpc) is 3.20. The summed E-state index contributed by atoms with van der Waals surface area (Å²) in [5, 5.41) is 25.1. The highest BCUT2D eigenvalue weighted by atomic mass is 16.3. The molecule has 0 amide bonds. The molecule has 168 valence electrons. The van der Waals surface area contributed by atoms with E-state index in [-0.39, 0.29) is 0 Å². The maximum atomic E-state index is 10.4. The summed E-state index contributed by atoms with van der Waals surface area (Å²) in [6.45, 7) is 5.20. The van der Waals surface area contributed by atoms with Crippen molar-refractivity contribution in [1.82, 2.24) is 15.4 Å². The molecule has 2 atom stereocenters. The van der Waals surface area contributed by atoms with Crippen LogP contribution >= 0.6 is 0 Å². The normalized spacial score (nSPS) is 23.0. The number of aliphatic hydroxyl groups is 1. The number of hydrogen-bond acceptors (Lipinski definition) is 8. The number of benzene rings is 1. The molecular weight excluding hydrogens is 402 g/mol. The van der Waals surface area contributed by atoms with Crippen LogP contribution in [0.1, 0.15) is 56.4 Å². The first-order chi connectivity index (χ1) is 15.4. The topological polar surface area (TPSA) is 109 Å². The van der Waals surface area contributed by atoms with Gasteiger partial charge in [-0.25, -0.2) is 15.4 Å². The van der Waals surface area contributed by atoms with Gasteiger partial charge in [0.15, 0.2) is 0 Å². The number of anilines is 2. The fourth-order valence-corrected chi connectivity index (χ4v) is 4.61. The van der Waals surface area contributed by atoms with Crippen molar-refractivity contribution in [2.45, 2.75) is 58.0 Å². The Morgan fingerprint density at radius 3 is 2.84 bits per heavy atom. The van der Waals surface area contributed by atoms with Crippen molar-refractivity contribution in [2.24, 2.45) is 10.9 Å². The number of aromatic nitrogens is 2. The maximum Gasteiger partial charge on any atom is 0.222 e. The molecule has 1 aromatic heterocycles. The summed E-state index contributed by atoms with van der Waals surface area (Å²) in [5.41, 5.74) is 6.18. The number of hydrazine groups is 1. The number of nitrogens with zero attached hydrogens (tertiary/aromatic N) is 5. The fraction of sp³-hybridized carbons (Fsp3) is 0.500. The summed E-state index contributed by atoms with van der Waals surface area (Å²) in [6, 6.07) is 10.6. The molecule has 0 unspecified atom stereocenters. The highest BCUT2D eigenvalue weighted by molar-refractivity contribution is 5.96. The van der Waals surface area contributed by atoms with Crippen LogP contribution in [-0.2, 0) is 12.8 Å². The molecule has 3 N–H and O–H groups in total. The van der Waals surface area contributed by atoms with Gasteiger partial charge >= 0.3 is 0 Å². The molecule has 0 saturated heterocycles. The molecular formula is C24H31N7O. The fourth-order valence-electron chi connectivity index (χ4n) is 4.61. The van der Waals surface area contributed by atoms with E-state index in [1.165, 1.54) is 5.56 Å². The summed E-state index contributed by atoms with van der Waals surface area (Å²) in [6.07, 6.45) is 6.80. The van der Waals surface area contributed by atoms with Gasteiger partial charge in [-0.3, -0.25) is 10.0 Å². The SMILES string of the molecule is CC1=NCNN1c1ccc(CCNc2ncc(C#N)c(C[C@@H]3CCC[C@@](C)(O)C3)n2)cc1. The van der Waals surface area contributed by atoms with Gasteiger partial charge in [0.2, 0.25) is 5.95 Å². The minimum atomic E-state index is -0.615. The van der Waals surface area contributed by atoms with Crippen molar-refractivity contribution in [1.29, 1.82) is 5.26 Å². The smallest absolute Gasteiger partial charge is 0.222 e. The first kappa shape index (κ1) is 22.2. The first-order valence-electron chi connectivity index (χ1n) is 11.3. The van der Waals surface area contributed by atoms with Crippen molar-refractivity contribution in [2.75, 3.05) is 23.5 Å². The van der Waals surface area contributed by atoms with Crippen LogP contribution in [0, 0.1) is 17.2 Å². The summed E-state index contributed by atoms with van der Waals surface area (Å²) in [5.74, 6) is 1.85. The number of aliphatic imine (C=N–C) groups is 1. The lowest BCUT2D eigenvalue weighted by Gasteiger charge is -2.33. The van der Waals surface area contributed by atoms with Gasteiger partial charge in [0.1, 0.15) is 18.6 Å². The summed E-state index contributed by atoms with van der Waals surface area (Å²) >= 11 is 0. The number of nitriles is 1. The Labute approximate surface area is 189 Å². The molecule has 2 aromatic rings. The monoisotopic (exact) mass is 433 g/mol. The van der Waals surface area contributed by atoms with Crippen molar-refractivity contribution >= 4 is 17.5 Å². The Kier molecular flexibility index (Phi) is 6.68. The predicted molar refractivity (Wildman–Crippen MR) is 125 cm³/mol. The molecule has 32 heavy (non-hydrogen) atoms. The van der Waals surface area contributed by atoms with Gasteiger partial charge in [0.05, 0.1) is 28.7 Å². The molecule has 8 heteroatoms. The Morgan fingerprint density at radius 2 is 2.16 bits per heavy atom. The molecule has 1 aliphatic carbocycles. The van der Waals surface area contributed by atoms with Crippen molar-refractivity contribution in [3.8, 4) is 6.07 Å². The van der Waals surface area contributed by atoms with Crippen LogP contribution in [0.15, 0.2) is 35.5 Å². The van der Waals surface area contributed by atoms with Crippen molar-refractivity contribution in [3.63, 3.8) is 0 Å². The largest absolute Gasteiger partial charge is 0.390 e. The molecule has 2 aliphatic rings. The molecule has 1 aliphatic heterocycles. The zero-order valence-corrected chi connectivity index (χ0v) is 18.8. The van der Waals surface area contributed by atoms with Crippen LogP contribution in [0.5, 0.6) is 0 Å². The highest BCUT2D eigenvalue weighted by Crippen LogP contribution is 2.34. The van der Waals surface area contributed by atoms with Gasteiger partial charge in [-0.15, -0.1) is 0 Å². The molecule has 8 nitrogen and oxygen atoms in total. The predicted octanol–water partition coefficient (Wildman–Crippen LogP) is 3.19. The molecule has 0 spiro atoms. The first-order valence-corrected chi connectivity index (χ1v) is 11.3. The zero-order valence-electron chi connectivity index (χ0n) is 18.8. The van der Waals surface area contributed by atoms with Crippen LogP contribution in [0.2, 0.25) is 0 Å². The summed E-state index contributed by atoms with van der Waals surface area (Å²) in [4.78, 5) is 13.3. The van der Waals surface area contributed by atoms with Crippen molar-refractivity contribution < 1.29 is 5.11 Å². The van der Waals surface area contributed by atoms with E-state index in [0.29, 0.717) is 37.1 Å². The van der Waals surface area contributed by atoms with E-state index in [0.717, 1.165) is 49.3 Å². The number of rotatable bonds is 7. The minimum Gasteiger partial charge on any atom is -0.390 e. The van der Waals surface area contributed by atoms with E-state index < -0.39 is 5.60 Å². The number of hydrogen-bond donors (Lipinski definition) is 3. The lowest BCUT2D eigenvalue weighted by atomic mass is 9.77. The third-order valence-corrected chi connectivity index (χ3v) is 6.28. The van der Waals surface area contributed by atoms with Gasteiger partial charge in [0.25, 0.3) is 0 Å². The third-order valence-electron chi connectivity index (χ3n) is 6.28. The lowest BCUT2D eigenvalue weighted by molar-refractivity contribution is 0.00107. The Bertz CT molecular complexity index is 1010. The molecule has 1 aromatic carbocycles. The lowest BCUT2D eigenvalue weighted by Crippen LogP contribution is -2.35. The van der Waals surface area contributed by atoms with Gasteiger partial charge in [0, 0.05) is 6.54 Å². The zero-order chi connectivity index (χ0) is 22.6. The van der Waals surface area contributed by atoms with Crippen LogP contribution in [0.25, 0.3) is 0 Å². The van der Waals surface area contributed by atoms with E-state index in [1.54, 1.807) is 6.20 Å². The quantitative estimate of drug-likeness (QED) is 0.615. The second-order valence-electron chi connectivity index (χ2n) is 9.03. The Hall–Kier alpha value is -3.02. The second kappa shape index (κ2) is 9.63. The van der Waals surface area contributed by atoms with E-state index in [2.05, 4.69) is 56.0 Å². The third kappa shape index (κ3) is 5.42. The number of nitrogens with one attached hydrogen (secondary N) is 2. The molecule has 4 rings (SSSR count). The average molecular weight is 434 g/mol. The molecule has 1 fully saturated rings. The van der Waals surface area contributed by atoms with Crippen LogP contribution < -0.4 is 15.8 Å². The van der Waals surface area contributed by atoms with E-state index in [9.17, 15) is 10.4 Å². The van der Waals surface area contributed by atoms with Crippen LogP contribution in [-0.4, -0.2) is 39.7 Å². The summed E-state index contributed by atoms with van der Waals surface area (Å²) < 4.78 is 0. The van der Waals surface area contributed by atoms with Crippen molar-refractivity contribution in [3.05, 3.63) is 47.3 Å². The van der Waals surface area contributed by atoms with E-state index >= 15 is 0 Å². The highest BCUT2D eigenvalue weighted by Gasteiger charge is 2.30. The standard InChI is InChI=1S/C24H31N7O/c1-17-28-16-29-31(17)21-7-5-18(6-8-21)9-11-26-23-27-15-20(14-25)22(30-23)12-19-4-3-10-24(2,32)13-19/h5-8,15,19,29,32H,3-4,9-13,16H2,1-2H3,(H,26,27,30)/t19-,24+/m0/s1. The van der Waals surface area contributed by atoms with Gasteiger partial charge in [-0.2, -0.15) is 5.26 Å². The van der Waals surface area contributed by atoms with E-state index in [1.807, 2.05) is 18.9 Å². The Morgan fingerprint density at radius 1 is 1.34 bits per heavy atom. The molecule has 0 bridgehead atoms. The molecule has 0 radical (unpaired) electrons. The summed E-state index contributed by atoms with van der Waals surface area (Å²) in [7, 11) is 0. The minimum absolute atomic E-state index is 0.339. The molecule has 2 heterocycles. The maximum absolute atomic E-state index is 10.4. The van der Waals surface area contributed by atoms with Crippen LogP contribution in [0.3, 0.4) is 0 Å². The molecule has 1 saturated carbocycles. The van der Waals surface area contributed by atoms with E-state index in [4.69, 9.17) is 0 Å². The second-order valence-corrected chi connectivity index (χ2v) is 9.03. The van der Waals surface area contributed by atoms with Gasteiger partial charge < -0.3 is 10.4 Å².